The first-order chi connectivity index (χ1) is 10.7. The predicted molar refractivity (Wildman–Crippen MR) is 87.1 cm³/mol. The quantitative estimate of drug-likeness (QED) is 0.922. The highest BCUT2D eigenvalue weighted by atomic mass is 35.5. The SMILES string of the molecule is COC(=O)N(CC1CCCN1)C1(c2cccc(Cl)c2)CCC1. The van der Waals surface area contributed by atoms with Crippen molar-refractivity contribution in [3.8, 4) is 0 Å². The van der Waals surface area contributed by atoms with Crippen LogP contribution in [0.4, 0.5) is 4.79 Å². The molecule has 1 amide bonds. The largest absolute Gasteiger partial charge is 0.453 e. The van der Waals surface area contributed by atoms with E-state index in [2.05, 4.69) is 11.4 Å². The zero-order chi connectivity index (χ0) is 15.6. The lowest BCUT2D eigenvalue weighted by Crippen LogP contribution is -2.56. The minimum Gasteiger partial charge on any atom is -0.453 e. The van der Waals surface area contributed by atoms with E-state index in [-0.39, 0.29) is 11.6 Å². The summed E-state index contributed by atoms with van der Waals surface area (Å²) < 4.78 is 5.08. The summed E-state index contributed by atoms with van der Waals surface area (Å²) in [6.07, 6.45) is 5.10. The van der Waals surface area contributed by atoms with Crippen LogP contribution < -0.4 is 5.32 Å². The van der Waals surface area contributed by atoms with Crippen molar-refractivity contribution >= 4 is 17.7 Å². The van der Waals surface area contributed by atoms with E-state index >= 15 is 0 Å². The van der Waals surface area contributed by atoms with Gasteiger partial charge in [0.2, 0.25) is 0 Å². The molecule has 5 heteroatoms. The summed E-state index contributed by atoms with van der Waals surface area (Å²) in [7, 11) is 1.46. The second kappa shape index (κ2) is 6.47. The summed E-state index contributed by atoms with van der Waals surface area (Å²) in [5, 5.41) is 4.19. The molecular weight excluding hydrogens is 300 g/mol. The van der Waals surface area contributed by atoms with Gasteiger partial charge in [0.1, 0.15) is 0 Å². The van der Waals surface area contributed by atoms with Crippen molar-refractivity contribution in [2.24, 2.45) is 0 Å². The molecule has 1 heterocycles. The molecule has 1 saturated heterocycles. The summed E-state index contributed by atoms with van der Waals surface area (Å²) in [5.74, 6) is 0. The Morgan fingerprint density at radius 3 is 2.82 bits per heavy atom. The van der Waals surface area contributed by atoms with Gasteiger partial charge in [0.15, 0.2) is 0 Å². The molecule has 3 rings (SSSR count). The van der Waals surface area contributed by atoms with Crippen LogP contribution in [0.2, 0.25) is 5.02 Å². The van der Waals surface area contributed by atoms with Gasteiger partial charge in [-0.25, -0.2) is 4.79 Å². The fourth-order valence-corrected chi connectivity index (χ4v) is 3.86. The standard InChI is InChI=1S/C17H23ClN2O2/c1-22-16(21)20(12-15-7-3-10-19-15)17(8-4-9-17)13-5-2-6-14(18)11-13/h2,5-6,11,15,19H,3-4,7-10,12H2,1H3. The van der Waals surface area contributed by atoms with Crippen LogP contribution in [0, 0.1) is 0 Å². The molecule has 2 aliphatic rings. The highest BCUT2D eigenvalue weighted by molar-refractivity contribution is 6.30. The molecule has 1 N–H and O–H groups in total. The Kier molecular flexibility index (Phi) is 4.59. The molecule has 4 nitrogen and oxygen atoms in total. The molecule has 120 valence electrons. The number of hydrogen-bond donors (Lipinski definition) is 1. The number of methoxy groups -OCH3 is 1. The second-order valence-electron chi connectivity index (χ2n) is 6.27. The number of rotatable bonds is 4. The van der Waals surface area contributed by atoms with E-state index in [1.54, 1.807) is 0 Å². The molecule has 1 unspecified atom stereocenters. The van der Waals surface area contributed by atoms with Gasteiger partial charge >= 0.3 is 6.09 Å². The Hall–Kier alpha value is -1.26. The fraction of sp³-hybridized carbons (Fsp3) is 0.588. The van der Waals surface area contributed by atoms with E-state index in [9.17, 15) is 4.79 Å². The van der Waals surface area contributed by atoms with Gasteiger partial charge in [-0.3, -0.25) is 4.90 Å². The van der Waals surface area contributed by atoms with Crippen LogP contribution in [0.5, 0.6) is 0 Å². The maximum absolute atomic E-state index is 12.4. The molecule has 0 aromatic heterocycles. The van der Waals surface area contributed by atoms with Gasteiger partial charge < -0.3 is 10.1 Å². The number of nitrogens with zero attached hydrogens (tertiary/aromatic N) is 1. The molecule has 1 aliphatic heterocycles. The lowest BCUT2D eigenvalue weighted by Gasteiger charge is -2.50. The van der Waals surface area contributed by atoms with Gasteiger partial charge in [-0.2, -0.15) is 0 Å². The average Bonchev–Trinajstić information content (AvgIpc) is 2.97. The average molecular weight is 323 g/mol. The number of amides is 1. The van der Waals surface area contributed by atoms with Crippen LogP contribution in [-0.2, 0) is 10.3 Å². The first kappa shape index (κ1) is 15.6. The highest BCUT2D eigenvalue weighted by Gasteiger charge is 2.47. The van der Waals surface area contributed by atoms with Crippen molar-refractivity contribution < 1.29 is 9.53 Å². The number of nitrogens with one attached hydrogen (secondary N) is 1. The minimum atomic E-state index is -0.262. The maximum atomic E-state index is 12.4. The zero-order valence-electron chi connectivity index (χ0n) is 13.0. The van der Waals surface area contributed by atoms with Crippen molar-refractivity contribution in [1.29, 1.82) is 0 Å². The van der Waals surface area contributed by atoms with Crippen LogP contribution in [0.15, 0.2) is 24.3 Å². The monoisotopic (exact) mass is 322 g/mol. The lowest BCUT2D eigenvalue weighted by molar-refractivity contribution is 0.00734. The van der Waals surface area contributed by atoms with Gasteiger partial charge in [-0.1, -0.05) is 23.7 Å². The van der Waals surface area contributed by atoms with E-state index in [0.717, 1.165) is 37.8 Å². The Morgan fingerprint density at radius 1 is 1.45 bits per heavy atom. The van der Waals surface area contributed by atoms with E-state index in [1.165, 1.54) is 13.5 Å². The summed E-state index contributed by atoms with van der Waals surface area (Å²) >= 11 is 6.17. The maximum Gasteiger partial charge on any atom is 0.410 e. The molecule has 1 aliphatic carbocycles. The smallest absolute Gasteiger partial charge is 0.410 e. The molecule has 0 bridgehead atoms. The van der Waals surface area contributed by atoms with Crippen molar-refractivity contribution in [1.82, 2.24) is 10.2 Å². The van der Waals surface area contributed by atoms with E-state index in [0.29, 0.717) is 17.6 Å². The molecule has 1 atom stereocenters. The van der Waals surface area contributed by atoms with Gasteiger partial charge in [0.25, 0.3) is 0 Å². The minimum absolute atomic E-state index is 0.242. The first-order valence-corrected chi connectivity index (χ1v) is 8.38. The van der Waals surface area contributed by atoms with E-state index in [1.807, 2.05) is 23.1 Å². The number of hydrogen-bond acceptors (Lipinski definition) is 3. The molecule has 1 saturated carbocycles. The van der Waals surface area contributed by atoms with Crippen LogP contribution >= 0.6 is 11.6 Å². The number of benzene rings is 1. The third-order valence-electron chi connectivity index (χ3n) is 5.02. The van der Waals surface area contributed by atoms with Gasteiger partial charge in [-0.05, 0) is 56.3 Å². The molecule has 1 aromatic rings. The summed E-state index contributed by atoms with van der Waals surface area (Å²) in [5.41, 5.74) is 0.858. The molecule has 0 spiro atoms. The van der Waals surface area contributed by atoms with Crippen LogP contribution in [0.25, 0.3) is 0 Å². The summed E-state index contributed by atoms with van der Waals surface area (Å²) in [6.45, 7) is 1.73. The van der Waals surface area contributed by atoms with E-state index in [4.69, 9.17) is 16.3 Å². The summed E-state index contributed by atoms with van der Waals surface area (Å²) in [4.78, 5) is 14.4. The lowest BCUT2D eigenvalue weighted by atomic mass is 9.70. The second-order valence-corrected chi connectivity index (χ2v) is 6.71. The Labute approximate surface area is 136 Å². The number of halogens is 1. The number of carbonyl (C=O) groups excluding carboxylic acids is 1. The Balaban J connectivity index is 1.90. The van der Waals surface area contributed by atoms with Gasteiger partial charge in [-0.15, -0.1) is 0 Å². The van der Waals surface area contributed by atoms with Crippen molar-refractivity contribution in [2.45, 2.75) is 43.7 Å². The Morgan fingerprint density at radius 2 is 2.27 bits per heavy atom. The van der Waals surface area contributed by atoms with Crippen LogP contribution in [0.3, 0.4) is 0 Å². The first-order valence-electron chi connectivity index (χ1n) is 8.01. The Bertz CT molecular complexity index is 539. The molecule has 0 radical (unpaired) electrons. The van der Waals surface area contributed by atoms with E-state index < -0.39 is 0 Å². The molecule has 2 fully saturated rings. The predicted octanol–water partition coefficient (Wildman–Crippen LogP) is 3.54. The topological polar surface area (TPSA) is 41.6 Å². The van der Waals surface area contributed by atoms with Crippen molar-refractivity contribution in [2.75, 3.05) is 20.2 Å². The third-order valence-corrected chi connectivity index (χ3v) is 5.25. The van der Waals surface area contributed by atoms with Crippen molar-refractivity contribution in [3.63, 3.8) is 0 Å². The normalized spacial score (nSPS) is 22.9. The molecule has 1 aromatic carbocycles. The number of ether oxygens (including phenoxy) is 1. The highest BCUT2D eigenvalue weighted by Crippen LogP contribution is 2.47. The third kappa shape index (κ3) is 2.82. The van der Waals surface area contributed by atoms with Gasteiger partial charge in [0.05, 0.1) is 12.6 Å². The molecular formula is C17H23ClN2O2. The van der Waals surface area contributed by atoms with Crippen molar-refractivity contribution in [3.05, 3.63) is 34.9 Å². The van der Waals surface area contributed by atoms with Crippen LogP contribution in [-0.4, -0.2) is 37.2 Å². The molecule has 22 heavy (non-hydrogen) atoms. The summed E-state index contributed by atoms with van der Waals surface area (Å²) in [6, 6.07) is 8.25. The fourth-order valence-electron chi connectivity index (χ4n) is 3.67. The van der Waals surface area contributed by atoms with Crippen LogP contribution in [0.1, 0.15) is 37.7 Å². The van der Waals surface area contributed by atoms with Gasteiger partial charge in [0, 0.05) is 17.6 Å². The number of carbonyl (C=O) groups is 1. The zero-order valence-corrected chi connectivity index (χ0v) is 13.7.